The van der Waals surface area contributed by atoms with E-state index in [2.05, 4.69) is 9.97 Å². The number of hydrogen-bond acceptors (Lipinski definition) is 4. The van der Waals surface area contributed by atoms with Gasteiger partial charge in [-0.15, -0.1) is 0 Å². The number of rotatable bonds is 2. The number of aromatic amines is 1. The van der Waals surface area contributed by atoms with E-state index in [1.165, 1.54) is 6.33 Å². The Morgan fingerprint density at radius 3 is 2.94 bits per heavy atom. The summed E-state index contributed by atoms with van der Waals surface area (Å²) in [4.78, 5) is 17.7. The molecule has 0 fully saturated rings. The summed E-state index contributed by atoms with van der Waals surface area (Å²) in [6, 6.07) is 4.83. The number of nitrogens with zero attached hydrogens (tertiary/aromatic N) is 1. The van der Waals surface area contributed by atoms with Gasteiger partial charge in [-0.25, -0.2) is 4.98 Å². The van der Waals surface area contributed by atoms with Crippen LogP contribution in [0.3, 0.4) is 0 Å². The van der Waals surface area contributed by atoms with Crippen LogP contribution in [-0.2, 0) is 0 Å². The fraction of sp³-hybridized carbons (Fsp3) is 0. The lowest BCUT2D eigenvalue weighted by Crippen LogP contribution is -2.11. The van der Waals surface area contributed by atoms with E-state index in [9.17, 15) is 4.79 Å². The zero-order valence-electron chi connectivity index (χ0n) is 8.41. The van der Waals surface area contributed by atoms with Crippen LogP contribution in [0.25, 0.3) is 0 Å². The molecule has 0 bridgehead atoms. The molecule has 3 N–H and O–H groups in total. The molecule has 17 heavy (non-hydrogen) atoms. The molecule has 1 aromatic heterocycles. The molecule has 2 rings (SSSR count). The van der Waals surface area contributed by atoms with Gasteiger partial charge in [-0.2, -0.15) is 0 Å². The molecule has 2 aromatic rings. The maximum absolute atomic E-state index is 11.3. The number of nitrogens with two attached hydrogens (primary N) is 1. The van der Waals surface area contributed by atoms with E-state index >= 15 is 0 Å². The zero-order valence-corrected chi connectivity index (χ0v) is 11.3. The topological polar surface area (TPSA) is 81.0 Å². The van der Waals surface area contributed by atoms with Crippen molar-refractivity contribution in [3.63, 3.8) is 0 Å². The van der Waals surface area contributed by atoms with E-state index in [1.807, 2.05) is 22.6 Å². The third-order valence-corrected chi connectivity index (χ3v) is 3.13. The summed E-state index contributed by atoms with van der Waals surface area (Å²) < 4.78 is 5.81. The molecule has 0 unspecified atom stereocenters. The first-order chi connectivity index (χ1) is 8.08. The zero-order chi connectivity index (χ0) is 12.4. The van der Waals surface area contributed by atoms with Crippen LogP contribution in [-0.4, -0.2) is 9.97 Å². The SMILES string of the molecule is Nc1cc(Cl)ccc1Oc1nc[nH]c(=O)c1I. The second-order valence-corrected chi connectivity index (χ2v) is 4.65. The lowest BCUT2D eigenvalue weighted by molar-refractivity contribution is 0.458. The monoisotopic (exact) mass is 363 g/mol. The Morgan fingerprint density at radius 1 is 1.47 bits per heavy atom. The van der Waals surface area contributed by atoms with Crippen molar-refractivity contribution in [3.05, 3.63) is 43.5 Å². The summed E-state index contributed by atoms with van der Waals surface area (Å²) in [6.07, 6.45) is 1.27. The molecular weight excluding hydrogens is 356 g/mol. The number of ether oxygens (including phenoxy) is 1. The van der Waals surface area contributed by atoms with Gasteiger partial charge in [0.15, 0.2) is 5.75 Å². The summed E-state index contributed by atoms with van der Waals surface area (Å²) in [6.45, 7) is 0. The van der Waals surface area contributed by atoms with Gasteiger partial charge in [0.05, 0.1) is 12.0 Å². The standard InChI is InChI=1S/C10H7ClIN3O2/c11-5-1-2-7(6(13)3-5)17-10-8(12)9(16)14-4-15-10/h1-4H,13H2,(H,14,15,16). The van der Waals surface area contributed by atoms with Crippen LogP contribution >= 0.6 is 34.2 Å². The van der Waals surface area contributed by atoms with Gasteiger partial charge in [0.2, 0.25) is 5.88 Å². The van der Waals surface area contributed by atoms with Crippen LogP contribution in [0.1, 0.15) is 0 Å². The first-order valence-electron chi connectivity index (χ1n) is 4.54. The first kappa shape index (κ1) is 12.2. The Balaban J connectivity index is 2.38. The summed E-state index contributed by atoms with van der Waals surface area (Å²) in [5.74, 6) is 0.619. The quantitative estimate of drug-likeness (QED) is 0.634. The second kappa shape index (κ2) is 4.92. The number of aromatic nitrogens is 2. The van der Waals surface area contributed by atoms with Crippen molar-refractivity contribution in [3.8, 4) is 11.6 Å². The number of nitrogen functional groups attached to an aromatic ring is 1. The first-order valence-corrected chi connectivity index (χ1v) is 5.99. The highest BCUT2D eigenvalue weighted by molar-refractivity contribution is 14.1. The van der Waals surface area contributed by atoms with Crippen LogP contribution in [0, 0.1) is 3.57 Å². The van der Waals surface area contributed by atoms with Gasteiger partial charge >= 0.3 is 0 Å². The van der Waals surface area contributed by atoms with Crippen LogP contribution < -0.4 is 16.0 Å². The molecular formula is C10H7ClIN3O2. The minimum Gasteiger partial charge on any atom is -0.435 e. The third-order valence-electron chi connectivity index (χ3n) is 1.94. The van der Waals surface area contributed by atoms with Gasteiger partial charge < -0.3 is 15.5 Å². The number of anilines is 1. The average Bonchev–Trinajstić information content (AvgIpc) is 2.28. The summed E-state index contributed by atoms with van der Waals surface area (Å²) in [7, 11) is 0. The molecule has 0 aliphatic heterocycles. The number of halogens is 2. The molecule has 1 heterocycles. The van der Waals surface area contributed by atoms with Gasteiger partial charge in [-0.05, 0) is 40.8 Å². The number of nitrogens with one attached hydrogen (secondary N) is 1. The summed E-state index contributed by atoms with van der Waals surface area (Å²) in [5.41, 5.74) is 5.86. The molecule has 0 saturated heterocycles. The second-order valence-electron chi connectivity index (χ2n) is 3.14. The molecule has 0 spiro atoms. The van der Waals surface area contributed by atoms with Crippen LogP contribution in [0.2, 0.25) is 5.02 Å². The molecule has 5 nitrogen and oxygen atoms in total. The molecule has 0 atom stereocenters. The minimum absolute atomic E-state index is 0.211. The van der Waals surface area contributed by atoms with Gasteiger partial charge in [0.25, 0.3) is 5.56 Å². The fourth-order valence-electron chi connectivity index (χ4n) is 1.15. The Morgan fingerprint density at radius 2 is 2.24 bits per heavy atom. The predicted molar refractivity (Wildman–Crippen MR) is 73.5 cm³/mol. The van der Waals surface area contributed by atoms with Gasteiger partial charge in [-0.3, -0.25) is 4.79 Å². The highest BCUT2D eigenvalue weighted by Gasteiger charge is 2.09. The van der Waals surface area contributed by atoms with Crippen LogP contribution in [0.15, 0.2) is 29.3 Å². The van der Waals surface area contributed by atoms with Gasteiger partial charge in [-0.1, -0.05) is 11.6 Å². The maximum atomic E-state index is 11.3. The molecule has 0 aliphatic rings. The van der Waals surface area contributed by atoms with Crippen LogP contribution in [0.5, 0.6) is 11.6 Å². The molecule has 1 aromatic carbocycles. The van der Waals surface area contributed by atoms with E-state index in [-0.39, 0.29) is 11.4 Å². The van der Waals surface area contributed by atoms with Crippen molar-refractivity contribution in [1.29, 1.82) is 0 Å². The highest BCUT2D eigenvalue weighted by Crippen LogP contribution is 2.29. The lowest BCUT2D eigenvalue weighted by Gasteiger charge is -2.08. The largest absolute Gasteiger partial charge is 0.435 e. The van der Waals surface area contributed by atoms with Crippen molar-refractivity contribution in [2.75, 3.05) is 5.73 Å². The number of benzene rings is 1. The normalized spacial score (nSPS) is 10.2. The van der Waals surface area contributed by atoms with Crippen molar-refractivity contribution >= 4 is 39.9 Å². The summed E-state index contributed by atoms with van der Waals surface area (Å²) >= 11 is 7.62. The fourth-order valence-corrected chi connectivity index (χ4v) is 1.74. The number of hydrogen-bond donors (Lipinski definition) is 2. The molecule has 0 saturated carbocycles. The minimum atomic E-state index is -0.261. The Labute approximate surface area is 115 Å². The smallest absolute Gasteiger partial charge is 0.268 e. The van der Waals surface area contributed by atoms with E-state index in [1.54, 1.807) is 18.2 Å². The Bertz CT molecular complexity index is 615. The third kappa shape index (κ3) is 2.70. The van der Waals surface area contributed by atoms with Crippen molar-refractivity contribution in [1.82, 2.24) is 9.97 Å². The highest BCUT2D eigenvalue weighted by atomic mass is 127. The lowest BCUT2D eigenvalue weighted by atomic mass is 10.3. The van der Waals surface area contributed by atoms with Gasteiger partial charge in [0, 0.05) is 5.02 Å². The Kier molecular flexibility index (Phi) is 3.53. The van der Waals surface area contributed by atoms with Gasteiger partial charge in [0.1, 0.15) is 3.57 Å². The Hall–Kier alpha value is -1.28. The van der Waals surface area contributed by atoms with Crippen molar-refractivity contribution in [2.24, 2.45) is 0 Å². The van der Waals surface area contributed by atoms with E-state index in [4.69, 9.17) is 22.1 Å². The van der Waals surface area contributed by atoms with E-state index in [0.717, 1.165) is 0 Å². The van der Waals surface area contributed by atoms with E-state index in [0.29, 0.717) is 20.0 Å². The molecule has 88 valence electrons. The molecule has 7 heteroatoms. The van der Waals surface area contributed by atoms with Crippen molar-refractivity contribution in [2.45, 2.75) is 0 Å². The van der Waals surface area contributed by atoms with Crippen molar-refractivity contribution < 1.29 is 4.74 Å². The summed E-state index contributed by atoms with van der Waals surface area (Å²) in [5, 5.41) is 0.517. The molecule has 0 aliphatic carbocycles. The van der Waals surface area contributed by atoms with Crippen LogP contribution in [0.4, 0.5) is 5.69 Å². The number of H-pyrrole nitrogens is 1. The molecule has 0 amide bonds. The maximum Gasteiger partial charge on any atom is 0.268 e. The van der Waals surface area contributed by atoms with E-state index < -0.39 is 0 Å². The molecule has 0 radical (unpaired) electrons. The predicted octanol–water partition coefficient (Wildman–Crippen LogP) is 2.40. The average molecular weight is 364 g/mol.